The number of hydrogen-bond acceptors (Lipinski definition) is 3. The normalized spacial score (nSPS) is 16.8. The first-order valence-electron chi connectivity index (χ1n) is 18.0. The largest absolute Gasteiger partial charge is 0.457 e. The molecule has 1 aliphatic heterocycles. The lowest BCUT2D eigenvalue weighted by atomic mass is 9.64. The van der Waals surface area contributed by atoms with Crippen LogP contribution in [-0.4, -0.2) is 9.97 Å². The lowest BCUT2D eigenvalue weighted by molar-refractivity contribution is 0.432. The third-order valence-corrected chi connectivity index (χ3v) is 11.3. The number of aromatic nitrogens is 2. The van der Waals surface area contributed by atoms with Gasteiger partial charge in [-0.3, -0.25) is 0 Å². The topological polar surface area (TPSA) is 35.0 Å². The highest BCUT2D eigenvalue weighted by molar-refractivity contribution is 6.03. The average Bonchev–Trinajstić information content (AvgIpc) is 3.51. The molecule has 7 aromatic carbocycles. The second-order valence-electron chi connectivity index (χ2n) is 14.0. The van der Waals surface area contributed by atoms with E-state index in [4.69, 9.17) is 14.7 Å². The molecular formula is C49H32N2O. The Kier molecular flexibility index (Phi) is 6.29. The zero-order chi connectivity index (χ0) is 34.2. The summed E-state index contributed by atoms with van der Waals surface area (Å²) in [5.74, 6) is 2.55. The summed E-state index contributed by atoms with van der Waals surface area (Å²) in [5.41, 5.74) is 13.8. The van der Waals surface area contributed by atoms with Crippen molar-refractivity contribution >= 4 is 27.2 Å². The first-order chi connectivity index (χ1) is 25.8. The molecule has 52 heavy (non-hydrogen) atoms. The summed E-state index contributed by atoms with van der Waals surface area (Å²) in [5, 5.41) is 3.43. The predicted octanol–water partition coefficient (Wildman–Crippen LogP) is 12.3. The highest BCUT2D eigenvalue weighted by Gasteiger charge is 2.51. The van der Waals surface area contributed by atoms with Gasteiger partial charge < -0.3 is 4.74 Å². The first kappa shape index (κ1) is 29.2. The van der Waals surface area contributed by atoms with Crippen molar-refractivity contribution in [3.8, 4) is 45.3 Å². The summed E-state index contributed by atoms with van der Waals surface area (Å²) in [6.45, 7) is 0. The quantitative estimate of drug-likeness (QED) is 0.189. The number of hydrogen-bond donors (Lipinski definition) is 0. The van der Waals surface area contributed by atoms with Gasteiger partial charge in [0.15, 0.2) is 5.82 Å². The van der Waals surface area contributed by atoms with Crippen LogP contribution in [0.4, 0.5) is 0 Å². The van der Waals surface area contributed by atoms with Crippen LogP contribution in [0, 0.1) is 0 Å². The van der Waals surface area contributed by atoms with Gasteiger partial charge >= 0.3 is 0 Å². The summed E-state index contributed by atoms with van der Waals surface area (Å²) in [6.07, 6.45) is 6.73. The fourth-order valence-corrected chi connectivity index (χ4v) is 9.01. The predicted molar refractivity (Wildman–Crippen MR) is 211 cm³/mol. The van der Waals surface area contributed by atoms with Crippen molar-refractivity contribution in [2.75, 3.05) is 0 Å². The molecule has 2 aliphatic carbocycles. The van der Waals surface area contributed by atoms with E-state index in [1.807, 2.05) is 6.07 Å². The number of fused-ring (bicyclic) bond motifs is 10. The Hall–Kier alpha value is -6.58. The molecule has 0 saturated carbocycles. The first-order valence-corrected chi connectivity index (χ1v) is 18.0. The molecule has 8 aromatic rings. The molecule has 0 saturated heterocycles. The summed E-state index contributed by atoms with van der Waals surface area (Å²) in [7, 11) is 0. The van der Waals surface area contributed by atoms with E-state index in [-0.39, 0.29) is 5.41 Å². The SMILES string of the molecule is C1=CC2=C(CC1)C1(c3ccccc3Oc3cc(-c4ccc(-c5nc(-c6cccc7ccccc67)c6ccccc6n5)cc4)ccc31)c1ccccc12. The summed E-state index contributed by atoms with van der Waals surface area (Å²) >= 11 is 0. The van der Waals surface area contributed by atoms with E-state index in [1.54, 1.807) is 0 Å². The third kappa shape index (κ3) is 4.14. The van der Waals surface area contributed by atoms with Gasteiger partial charge in [0, 0.05) is 27.6 Å². The van der Waals surface area contributed by atoms with Gasteiger partial charge in [-0.05, 0) is 75.2 Å². The monoisotopic (exact) mass is 664 g/mol. The molecule has 0 bridgehead atoms. The van der Waals surface area contributed by atoms with Crippen molar-refractivity contribution in [3.05, 3.63) is 198 Å². The molecule has 0 amide bonds. The summed E-state index contributed by atoms with van der Waals surface area (Å²) in [6, 6.07) is 56.2. The van der Waals surface area contributed by atoms with E-state index in [0.717, 1.165) is 63.2 Å². The Morgan fingerprint density at radius 3 is 2.13 bits per heavy atom. The van der Waals surface area contributed by atoms with Crippen molar-refractivity contribution in [2.45, 2.75) is 18.3 Å². The molecule has 2 heterocycles. The Bertz CT molecular complexity index is 2820. The molecule has 1 unspecified atom stereocenters. The van der Waals surface area contributed by atoms with Gasteiger partial charge in [-0.2, -0.15) is 0 Å². The van der Waals surface area contributed by atoms with Gasteiger partial charge in [-0.25, -0.2) is 9.97 Å². The average molecular weight is 665 g/mol. The van der Waals surface area contributed by atoms with Crippen LogP contribution in [0.15, 0.2) is 175 Å². The number of ether oxygens (including phenoxy) is 1. The van der Waals surface area contributed by atoms with E-state index in [2.05, 4.69) is 164 Å². The van der Waals surface area contributed by atoms with Crippen LogP contribution in [0.1, 0.15) is 35.1 Å². The van der Waals surface area contributed by atoms with Crippen LogP contribution in [-0.2, 0) is 5.41 Å². The molecule has 11 rings (SSSR count). The van der Waals surface area contributed by atoms with Gasteiger partial charge in [0.25, 0.3) is 0 Å². The van der Waals surface area contributed by atoms with Crippen molar-refractivity contribution in [1.82, 2.24) is 9.97 Å². The van der Waals surface area contributed by atoms with Crippen LogP contribution < -0.4 is 4.74 Å². The van der Waals surface area contributed by atoms with Gasteiger partial charge in [0.2, 0.25) is 0 Å². The smallest absolute Gasteiger partial charge is 0.160 e. The summed E-state index contributed by atoms with van der Waals surface area (Å²) in [4.78, 5) is 10.3. The third-order valence-electron chi connectivity index (χ3n) is 11.3. The summed E-state index contributed by atoms with van der Waals surface area (Å²) < 4.78 is 6.78. The molecule has 3 aliphatic rings. The maximum atomic E-state index is 6.78. The Labute approximate surface area is 302 Å². The standard InChI is InChI=1S/C49H32N2O/c1-2-14-35-32(12-1)13-11-18-38(35)47-39-17-5-9-22-44(39)50-48(51-47)33-26-24-31(25-27-33)34-28-29-43-46(30-34)52-45-23-10-8-21-42(45)49(43)40-19-6-3-15-36(40)37-16-4-7-20-41(37)49/h1-6,8-19,21-30H,7,20H2. The Balaban J connectivity index is 1.02. The van der Waals surface area contributed by atoms with Crippen LogP contribution in [0.2, 0.25) is 0 Å². The molecule has 3 nitrogen and oxygen atoms in total. The van der Waals surface area contributed by atoms with Crippen molar-refractivity contribution in [1.29, 1.82) is 0 Å². The number of allylic oxidation sites excluding steroid dienone is 4. The second kappa shape index (κ2) is 11.2. The molecule has 1 spiro atoms. The van der Waals surface area contributed by atoms with Crippen molar-refractivity contribution in [2.24, 2.45) is 0 Å². The fourth-order valence-electron chi connectivity index (χ4n) is 9.01. The number of nitrogens with zero attached hydrogens (tertiary/aromatic N) is 2. The van der Waals surface area contributed by atoms with E-state index >= 15 is 0 Å². The van der Waals surface area contributed by atoms with Gasteiger partial charge in [-0.1, -0.05) is 152 Å². The van der Waals surface area contributed by atoms with E-state index in [9.17, 15) is 0 Å². The van der Waals surface area contributed by atoms with E-state index < -0.39 is 0 Å². The zero-order valence-corrected chi connectivity index (χ0v) is 28.4. The molecule has 244 valence electrons. The van der Waals surface area contributed by atoms with Crippen LogP contribution in [0.5, 0.6) is 11.5 Å². The maximum absolute atomic E-state index is 6.78. The molecule has 1 aromatic heterocycles. The lowest BCUT2D eigenvalue weighted by Gasteiger charge is -2.41. The Morgan fingerprint density at radius 2 is 1.21 bits per heavy atom. The minimum absolute atomic E-state index is 0.377. The number of para-hydroxylation sites is 2. The van der Waals surface area contributed by atoms with E-state index in [1.165, 1.54) is 44.2 Å². The minimum Gasteiger partial charge on any atom is -0.457 e. The molecule has 0 N–H and O–H groups in total. The van der Waals surface area contributed by atoms with Crippen molar-refractivity contribution < 1.29 is 4.74 Å². The fraction of sp³-hybridized carbons (Fsp3) is 0.0612. The minimum atomic E-state index is -0.377. The number of rotatable bonds is 3. The molecule has 0 fully saturated rings. The zero-order valence-electron chi connectivity index (χ0n) is 28.4. The highest BCUT2D eigenvalue weighted by atomic mass is 16.5. The highest BCUT2D eigenvalue weighted by Crippen LogP contribution is 2.63. The van der Waals surface area contributed by atoms with E-state index in [0.29, 0.717) is 5.82 Å². The van der Waals surface area contributed by atoms with Gasteiger partial charge in [0.05, 0.1) is 16.6 Å². The molecule has 1 atom stereocenters. The van der Waals surface area contributed by atoms with Crippen LogP contribution >= 0.6 is 0 Å². The maximum Gasteiger partial charge on any atom is 0.160 e. The Morgan fingerprint density at radius 1 is 0.519 bits per heavy atom. The second-order valence-corrected chi connectivity index (χ2v) is 14.0. The number of benzene rings is 7. The molecular weight excluding hydrogens is 633 g/mol. The van der Waals surface area contributed by atoms with Crippen LogP contribution in [0.25, 0.3) is 61.0 Å². The van der Waals surface area contributed by atoms with Crippen LogP contribution in [0.3, 0.4) is 0 Å². The van der Waals surface area contributed by atoms with Gasteiger partial charge in [-0.15, -0.1) is 0 Å². The molecule has 0 radical (unpaired) electrons. The van der Waals surface area contributed by atoms with Gasteiger partial charge in [0.1, 0.15) is 11.5 Å². The van der Waals surface area contributed by atoms with Crippen molar-refractivity contribution in [3.63, 3.8) is 0 Å². The lowest BCUT2D eigenvalue weighted by Crippen LogP contribution is -2.33. The molecule has 3 heteroatoms.